The minimum Gasteiger partial charge on any atom is -0.478 e. The Morgan fingerprint density at radius 3 is 2.16 bits per heavy atom. The fourth-order valence-corrected chi connectivity index (χ4v) is 6.49. The van der Waals surface area contributed by atoms with Gasteiger partial charge in [0.1, 0.15) is 11.9 Å². The molecule has 1 atom stereocenters. The van der Waals surface area contributed by atoms with Crippen LogP contribution in [0, 0.1) is 29.4 Å². The molecule has 6 rings (SSSR count). The number of nitrogens with zero attached hydrogens (tertiary/aromatic N) is 2. The van der Waals surface area contributed by atoms with Crippen molar-refractivity contribution in [2.24, 2.45) is 17.8 Å². The van der Waals surface area contributed by atoms with Gasteiger partial charge in [-0.2, -0.15) is 0 Å². The van der Waals surface area contributed by atoms with Crippen molar-refractivity contribution in [2.75, 3.05) is 5.32 Å². The van der Waals surface area contributed by atoms with Crippen LogP contribution in [0.25, 0.3) is 22.4 Å². The summed E-state index contributed by atoms with van der Waals surface area (Å²) >= 11 is 6.12. The molecule has 1 aromatic heterocycles. The average molecular weight is 536 g/mol. The first-order valence-electron chi connectivity index (χ1n) is 12.6. The Bertz CT molecular complexity index is 1530. The van der Waals surface area contributed by atoms with Gasteiger partial charge in [0, 0.05) is 28.4 Å². The number of aromatic carboxylic acids is 1. The maximum Gasteiger partial charge on any atom is 0.335 e. The van der Waals surface area contributed by atoms with E-state index in [4.69, 9.17) is 11.6 Å². The summed E-state index contributed by atoms with van der Waals surface area (Å²) in [5.41, 5.74) is 1.81. The van der Waals surface area contributed by atoms with Crippen LogP contribution in [-0.2, 0) is 4.79 Å². The summed E-state index contributed by atoms with van der Waals surface area (Å²) in [4.78, 5) is 30.0. The van der Waals surface area contributed by atoms with Crippen molar-refractivity contribution in [3.63, 3.8) is 0 Å². The van der Waals surface area contributed by atoms with Crippen LogP contribution in [0.3, 0.4) is 0 Å². The van der Waals surface area contributed by atoms with Crippen LogP contribution in [0.2, 0.25) is 5.02 Å². The maximum atomic E-state index is 14.6. The number of benzene rings is 3. The van der Waals surface area contributed by atoms with Gasteiger partial charge in [-0.15, -0.1) is 0 Å². The molecule has 9 heteroatoms. The highest BCUT2D eigenvalue weighted by Gasteiger charge is 2.49. The molecule has 2 bridgehead atoms. The van der Waals surface area contributed by atoms with Crippen LogP contribution in [0.15, 0.2) is 60.7 Å². The van der Waals surface area contributed by atoms with Crippen LogP contribution < -0.4 is 5.32 Å². The zero-order chi connectivity index (χ0) is 26.6. The smallest absolute Gasteiger partial charge is 0.335 e. The molecule has 0 aliphatic heterocycles. The van der Waals surface area contributed by atoms with Crippen molar-refractivity contribution < 1.29 is 23.5 Å². The third kappa shape index (κ3) is 4.22. The fraction of sp³-hybridized carbons (Fsp3) is 0.276. The van der Waals surface area contributed by atoms with E-state index in [0.717, 1.165) is 37.8 Å². The number of hydrogen-bond acceptors (Lipinski definition) is 3. The van der Waals surface area contributed by atoms with E-state index in [-0.39, 0.29) is 22.9 Å². The van der Waals surface area contributed by atoms with E-state index in [1.807, 2.05) is 0 Å². The Hall–Kier alpha value is -3.78. The molecule has 2 fully saturated rings. The van der Waals surface area contributed by atoms with Crippen LogP contribution >= 0.6 is 11.6 Å². The summed E-state index contributed by atoms with van der Waals surface area (Å²) in [6.07, 6.45) is 4.05. The number of aromatic nitrogens is 2. The highest BCUT2D eigenvalue weighted by molar-refractivity contribution is 6.30. The van der Waals surface area contributed by atoms with Gasteiger partial charge < -0.3 is 15.0 Å². The predicted molar refractivity (Wildman–Crippen MR) is 140 cm³/mol. The average Bonchev–Trinajstić information content (AvgIpc) is 3.59. The molecule has 1 unspecified atom stereocenters. The number of fused-ring (bicyclic) bond motifs is 3. The Balaban J connectivity index is 1.52. The first kappa shape index (κ1) is 24.6. The molecule has 0 spiro atoms. The summed E-state index contributed by atoms with van der Waals surface area (Å²) in [5, 5.41) is 12.7. The number of carboxylic acids is 1. The van der Waals surface area contributed by atoms with Gasteiger partial charge >= 0.3 is 5.97 Å². The molecule has 1 heterocycles. The molecular formula is C29H24ClF2N3O3. The number of anilines is 1. The SMILES string of the molecule is O=C(O)c1ccc(NC(=O)C(C2C3CCC2CC3)n2c(-c3ccc(Cl)cc3)nc3cc(F)c(F)cc32)cc1. The topological polar surface area (TPSA) is 84.2 Å². The molecule has 38 heavy (non-hydrogen) atoms. The lowest BCUT2D eigenvalue weighted by atomic mass is 9.88. The van der Waals surface area contributed by atoms with E-state index in [1.54, 1.807) is 41.0 Å². The van der Waals surface area contributed by atoms with E-state index in [1.165, 1.54) is 12.1 Å². The Morgan fingerprint density at radius 1 is 0.947 bits per heavy atom. The maximum absolute atomic E-state index is 14.6. The predicted octanol–water partition coefficient (Wildman–Crippen LogP) is 6.95. The lowest BCUT2D eigenvalue weighted by Crippen LogP contribution is -2.34. The normalized spacial score (nSPS) is 21.1. The molecule has 6 nitrogen and oxygen atoms in total. The Morgan fingerprint density at radius 2 is 1.55 bits per heavy atom. The number of carbonyl (C=O) groups is 2. The standard InChI is InChI=1S/C29H24ClF2N3O3/c30-19-9-5-17(6-10-19)27-34-23-13-21(31)22(32)14-24(23)35(27)26(25-15-1-2-16(25)4-3-15)28(36)33-20-11-7-18(8-12-20)29(37)38/h5-16,25-26H,1-4H2,(H,33,36)(H,37,38). The highest BCUT2D eigenvalue weighted by atomic mass is 35.5. The molecule has 0 saturated heterocycles. The number of nitrogens with one attached hydrogen (secondary N) is 1. The van der Waals surface area contributed by atoms with Crippen molar-refractivity contribution >= 4 is 40.2 Å². The van der Waals surface area contributed by atoms with Gasteiger partial charge in [0.05, 0.1) is 16.6 Å². The summed E-state index contributed by atoms with van der Waals surface area (Å²) in [7, 11) is 0. The first-order valence-corrected chi connectivity index (χ1v) is 12.9. The summed E-state index contributed by atoms with van der Waals surface area (Å²) < 4.78 is 30.6. The molecule has 194 valence electrons. The molecule has 3 aromatic carbocycles. The summed E-state index contributed by atoms with van der Waals surface area (Å²) in [6, 6.07) is 14.3. The van der Waals surface area contributed by atoms with E-state index in [9.17, 15) is 23.5 Å². The van der Waals surface area contributed by atoms with Gasteiger partial charge in [0.15, 0.2) is 11.6 Å². The number of hydrogen-bond donors (Lipinski definition) is 2. The highest BCUT2D eigenvalue weighted by Crippen LogP contribution is 2.55. The van der Waals surface area contributed by atoms with Crippen LogP contribution in [0.5, 0.6) is 0 Å². The second-order valence-corrected chi connectivity index (χ2v) is 10.6. The van der Waals surface area contributed by atoms with Crippen molar-refractivity contribution in [1.82, 2.24) is 9.55 Å². The molecular weight excluding hydrogens is 512 g/mol. The first-order chi connectivity index (χ1) is 18.3. The lowest BCUT2D eigenvalue weighted by molar-refractivity contribution is -0.121. The quantitative estimate of drug-likeness (QED) is 0.280. The minimum absolute atomic E-state index is 0.00939. The largest absolute Gasteiger partial charge is 0.478 e. The third-order valence-electron chi connectivity index (χ3n) is 8.05. The number of amides is 1. The minimum atomic E-state index is -1.06. The molecule has 2 aliphatic carbocycles. The van der Waals surface area contributed by atoms with E-state index < -0.39 is 23.6 Å². The number of imidazole rings is 1. The molecule has 2 N–H and O–H groups in total. The van der Waals surface area contributed by atoms with Crippen molar-refractivity contribution in [3.05, 3.63) is 82.9 Å². The van der Waals surface area contributed by atoms with Crippen molar-refractivity contribution in [1.29, 1.82) is 0 Å². The van der Waals surface area contributed by atoms with Gasteiger partial charge in [-0.05, 0) is 92.0 Å². The van der Waals surface area contributed by atoms with Gasteiger partial charge in [-0.3, -0.25) is 4.79 Å². The van der Waals surface area contributed by atoms with Crippen molar-refractivity contribution in [3.8, 4) is 11.4 Å². The molecule has 2 saturated carbocycles. The van der Waals surface area contributed by atoms with Crippen LogP contribution in [-0.4, -0.2) is 26.5 Å². The van der Waals surface area contributed by atoms with Crippen LogP contribution in [0.1, 0.15) is 42.1 Å². The number of carbonyl (C=O) groups excluding carboxylic acids is 1. The molecule has 4 aromatic rings. The molecule has 2 aliphatic rings. The fourth-order valence-electron chi connectivity index (χ4n) is 6.37. The Labute approximate surface area is 222 Å². The van der Waals surface area contributed by atoms with Gasteiger partial charge in [0.2, 0.25) is 5.91 Å². The van der Waals surface area contributed by atoms with E-state index in [0.29, 0.717) is 39.5 Å². The number of halogens is 3. The van der Waals surface area contributed by atoms with E-state index >= 15 is 0 Å². The molecule has 1 amide bonds. The monoisotopic (exact) mass is 535 g/mol. The lowest BCUT2D eigenvalue weighted by Gasteiger charge is -2.30. The second kappa shape index (κ2) is 9.51. The van der Waals surface area contributed by atoms with Gasteiger partial charge in [-0.1, -0.05) is 11.6 Å². The number of carboxylic acid groups (broad SMARTS) is 1. The summed E-state index contributed by atoms with van der Waals surface area (Å²) in [6.45, 7) is 0. The molecule has 0 radical (unpaired) electrons. The second-order valence-electron chi connectivity index (χ2n) is 10.1. The number of rotatable bonds is 6. The zero-order valence-electron chi connectivity index (χ0n) is 20.2. The third-order valence-corrected chi connectivity index (χ3v) is 8.30. The van der Waals surface area contributed by atoms with Crippen molar-refractivity contribution in [2.45, 2.75) is 31.7 Å². The van der Waals surface area contributed by atoms with Crippen LogP contribution in [0.4, 0.5) is 14.5 Å². The zero-order valence-corrected chi connectivity index (χ0v) is 21.0. The van der Waals surface area contributed by atoms with E-state index in [2.05, 4.69) is 10.3 Å². The van der Waals surface area contributed by atoms with Gasteiger partial charge in [0.25, 0.3) is 0 Å². The Kier molecular flexibility index (Phi) is 6.14. The summed E-state index contributed by atoms with van der Waals surface area (Å²) in [5.74, 6) is -2.33. The van der Waals surface area contributed by atoms with Gasteiger partial charge in [-0.25, -0.2) is 18.6 Å².